The first-order valence-electron chi connectivity index (χ1n) is 6.91. The number of halogens is 1. The fourth-order valence-corrected chi connectivity index (χ4v) is 3.83. The van der Waals surface area contributed by atoms with Crippen LogP contribution in [0.3, 0.4) is 0 Å². The highest BCUT2D eigenvalue weighted by molar-refractivity contribution is 9.10. The number of sulfone groups is 1. The quantitative estimate of drug-likeness (QED) is 0.657. The zero-order chi connectivity index (χ0) is 17.3. The average molecular weight is 403 g/mol. The van der Waals surface area contributed by atoms with E-state index in [9.17, 15) is 13.7 Å². The first kappa shape index (κ1) is 16.4. The minimum Gasteiger partial charge on any atom is -0.423 e. The van der Waals surface area contributed by atoms with Crippen LogP contribution in [0.25, 0.3) is 11.5 Å². The molecule has 0 bridgehead atoms. The second-order valence-electron chi connectivity index (χ2n) is 5.06. The van der Waals surface area contributed by atoms with Gasteiger partial charge in [0, 0.05) is 4.47 Å². The number of benzene rings is 2. The molecule has 0 amide bonds. The van der Waals surface area contributed by atoms with E-state index in [1.54, 1.807) is 36.4 Å². The molecule has 1 heterocycles. The largest absolute Gasteiger partial charge is 0.423 e. The zero-order valence-corrected chi connectivity index (χ0v) is 14.9. The van der Waals surface area contributed by atoms with Gasteiger partial charge in [-0.2, -0.15) is 10.2 Å². The maximum absolute atomic E-state index is 12.8. The van der Waals surface area contributed by atoms with Crippen LogP contribution < -0.4 is 0 Å². The highest BCUT2D eigenvalue weighted by Gasteiger charge is 2.29. The number of rotatable bonds is 3. The van der Waals surface area contributed by atoms with E-state index in [4.69, 9.17) is 4.42 Å². The van der Waals surface area contributed by atoms with Gasteiger partial charge in [0.2, 0.25) is 15.7 Å². The van der Waals surface area contributed by atoms with Crippen LogP contribution in [-0.4, -0.2) is 13.4 Å². The lowest BCUT2D eigenvalue weighted by atomic mass is 10.2. The molecule has 3 aromatic rings. The lowest BCUT2D eigenvalue weighted by molar-refractivity contribution is 0.457. The van der Waals surface area contributed by atoms with E-state index >= 15 is 0 Å². The normalized spacial score (nSPS) is 11.2. The van der Waals surface area contributed by atoms with Crippen molar-refractivity contribution in [2.75, 3.05) is 0 Å². The van der Waals surface area contributed by atoms with Crippen LogP contribution in [-0.2, 0) is 9.84 Å². The molecule has 0 saturated heterocycles. The van der Waals surface area contributed by atoms with Crippen LogP contribution in [0.2, 0.25) is 0 Å². The van der Waals surface area contributed by atoms with E-state index in [2.05, 4.69) is 20.9 Å². The third kappa shape index (κ3) is 2.86. The summed E-state index contributed by atoms with van der Waals surface area (Å²) < 4.78 is 31.7. The monoisotopic (exact) mass is 402 g/mol. The summed E-state index contributed by atoms with van der Waals surface area (Å²) in [5, 5.41) is 8.81. The molecule has 0 aliphatic rings. The number of aromatic nitrogens is 1. The Labute approximate surface area is 147 Å². The molecule has 0 spiro atoms. The van der Waals surface area contributed by atoms with Crippen LogP contribution in [0.4, 0.5) is 0 Å². The van der Waals surface area contributed by atoms with Crippen LogP contribution >= 0.6 is 15.9 Å². The summed E-state index contributed by atoms with van der Waals surface area (Å²) in [5.74, 6) is 0.0738. The molecule has 3 rings (SSSR count). The van der Waals surface area contributed by atoms with E-state index in [0.29, 0.717) is 10.0 Å². The van der Waals surface area contributed by atoms with Gasteiger partial charge in [0.15, 0.2) is 5.69 Å². The van der Waals surface area contributed by atoms with Crippen molar-refractivity contribution in [1.29, 1.82) is 5.26 Å². The lowest BCUT2D eigenvalue weighted by Crippen LogP contribution is -2.02. The SMILES string of the molecule is Cc1ccc(S(=O)(=O)c2oc(-c3ccccc3Br)nc2C#N)cc1. The summed E-state index contributed by atoms with van der Waals surface area (Å²) in [7, 11) is -3.97. The Bertz CT molecular complexity index is 1050. The smallest absolute Gasteiger partial charge is 0.261 e. The van der Waals surface area contributed by atoms with Crippen LogP contribution in [0.15, 0.2) is 67.4 Å². The number of nitriles is 1. The van der Waals surface area contributed by atoms with Gasteiger partial charge in [-0.15, -0.1) is 0 Å². The molecular formula is C17H11BrN2O3S. The Morgan fingerprint density at radius 2 is 1.79 bits per heavy atom. The molecule has 5 nitrogen and oxygen atoms in total. The summed E-state index contributed by atoms with van der Waals surface area (Å²) in [5.41, 5.74) is 1.24. The second kappa shape index (κ2) is 6.23. The van der Waals surface area contributed by atoms with Crippen LogP contribution in [0, 0.1) is 18.3 Å². The summed E-state index contributed by atoms with van der Waals surface area (Å²) in [6.45, 7) is 1.86. The molecule has 120 valence electrons. The van der Waals surface area contributed by atoms with Crippen molar-refractivity contribution in [2.24, 2.45) is 0 Å². The molecular weight excluding hydrogens is 392 g/mol. The van der Waals surface area contributed by atoms with Crippen molar-refractivity contribution < 1.29 is 12.8 Å². The number of nitrogens with zero attached hydrogens (tertiary/aromatic N) is 2. The van der Waals surface area contributed by atoms with Gasteiger partial charge in [-0.3, -0.25) is 0 Å². The zero-order valence-electron chi connectivity index (χ0n) is 12.5. The Hall–Kier alpha value is -2.43. The fourth-order valence-electron chi connectivity index (χ4n) is 2.13. The second-order valence-corrected chi connectivity index (χ2v) is 7.77. The fraction of sp³-hybridized carbons (Fsp3) is 0.0588. The maximum Gasteiger partial charge on any atom is 0.261 e. The van der Waals surface area contributed by atoms with Crippen molar-refractivity contribution in [2.45, 2.75) is 16.9 Å². The highest BCUT2D eigenvalue weighted by Crippen LogP contribution is 2.32. The first-order valence-corrected chi connectivity index (χ1v) is 9.18. The van der Waals surface area contributed by atoms with E-state index < -0.39 is 14.9 Å². The Kier molecular flexibility index (Phi) is 4.26. The number of oxazole rings is 1. The Morgan fingerprint density at radius 1 is 1.12 bits per heavy atom. The van der Waals surface area contributed by atoms with E-state index in [0.717, 1.165) is 5.56 Å². The topological polar surface area (TPSA) is 84.0 Å². The molecule has 0 atom stereocenters. The van der Waals surface area contributed by atoms with Gasteiger partial charge in [0.1, 0.15) is 6.07 Å². The average Bonchev–Trinajstić information content (AvgIpc) is 3.00. The number of aryl methyl sites for hydroxylation is 1. The van der Waals surface area contributed by atoms with E-state index in [-0.39, 0.29) is 16.5 Å². The molecule has 0 N–H and O–H groups in total. The summed E-state index contributed by atoms with van der Waals surface area (Å²) in [6.07, 6.45) is 0. The number of hydrogen-bond donors (Lipinski definition) is 0. The van der Waals surface area contributed by atoms with Crippen molar-refractivity contribution in [1.82, 2.24) is 4.98 Å². The lowest BCUT2D eigenvalue weighted by Gasteiger charge is -2.02. The minimum absolute atomic E-state index is 0.0550. The summed E-state index contributed by atoms with van der Waals surface area (Å²) in [6, 6.07) is 15.2. The van der Waals surface area contributed by atoms with Gasteiger partial charge in [-0.25, -0.2) is 8.42 Å². The Balaban J connectivity index is 2.17. The van der Waals surface area contributed by atoms with Crippen molar-refractivity contribution in [3.8, 4) is 17.5 Å². The van der Waals surface area contributed by atoms with Gasteiger partial charge < -0.3 is 4.42 Å². The van der Waals surface area contributed by atoms with Crippen molar-refractivity contribution in [3.05, 3.63) is 64.3 Å². The minimum atomic E-state index is -3.97. The molecule has 7 heteroatoms. The highest BCUT2D eigenvalue weighted by atomic mass is 79.9. The summed E-state index contributed by atoms with van der Waals surface area (Å²) in [4.78, 5) is 4.09. The van der Waals surface area contributed by atoms with Crippen molar-refractivity contribution in [3.63, 3.8) is 0 Å². The molecule has 0 unspecified atom stereocenters. The van der Waals surface area contributed by atoms with Crippen molar-refractivity contribution >= 4 is 25.8 Å². The molecule has 0 aliphatic heterocycles. The molecule has 1 aromatic heterocycles. The molecule has 0 radical (unpaired) electrons. The van der Waals surface area contributed by atoms with Gasteiger partial charge in [-0.1, -0.05) is 29.8 Å². The van der Waals surface area contributed by atoms with E-state index in [1.807, 2.05) is 13.0 Å². The van der Waals surface area contributed by atoms with Gasteiger partial charge >= 0.3 is 0 Å². The number of hydrogen-bond acceptors (Lipinski definition) is 5. The third-order valence-electron chi connectivity index (χ3n) is 3.38. The molecule has 2 aromatic carbocycles. The van der Waals surface area contributed by atoms with Gasteiger partial charge in [0.05, 0.1) is 10.5 Å². The van der Waals surface area contributed by atoms with Crippen LogP contribution in [0.1, 0.15) is 11.3 Å². The molecule has 0 saturated carbocycles. The molecule has 0 aliphatic carbocycles. The maximum atomic E-state index is 12.8. The molecule has 24 heavy (non-hydrogen) atoms. The Morgan fingerprint density at radius 3 is 2.42 bits per heavy atom. The first-order chi connectivity index (χ1) is 11.4. The summed E-state index contributed by atoms with van der Waals surface area (Å²) >= 11 is 3.36. The predicted molar refractivity (Wildman–Crippen MR) is 91.0 cm³/mol. The standard InChI is InChI=1S/C17H11BrN2O3S/c1-11-6-8-12(9-7-11)24(21,22)17-15(10-19)20-16(23-17)13-4-2-3-5-14(13)18/h2-9H,1H3. The van der Waals surface area contributed by atoms with Crippen LogP contribution in [0.5, 0.6) is 0 Å². The van der Waals surface area contributed by atoms with E-state index in [1.165, 1.54) is 12.1 Å². The molecule has 0 fully saturated rings. The third-order valence-corrected chi connectivity index (χ3v) is 5.73. The van der Waals surface area contributed by atoms with Gasteiger partial charge in [0.25, 0.3) is 5.09 Å². The van der Waals surface area contributed by atoms with Gasteiger partial charge in [-0.05, 0) is 47.1 Å². The predicted octanol–water partition coefficient (Wildman–Crippen LogP) is 4.12.